The average Bonchev–Trinajstić information content (AvgIpc) is 3.40. The van der Waals surface area contributed by atoms with Crippen LogP contribution in [0.15, 0.2) is 83.7 Å². The zero-order valence-electron chi connectivity index (χ0n) is 15.6. The summed E-state index contributed by atoms with van der Waals surface area (Å²) in [5, 5.41) is 13.4. The van der Waals surface area contributed by atoms with E-state index in [2.05, 4.69) is 32.1 Å². The van der Waals surface area contributed by atoms with E-state index < -0.39 is 4.92 Å². The van der Waals surface area contributed by atoms with Gasteiger partial charge in [-0.3, -0.25) is 10.1 Å². The summed E-state index contributed by atoms with van der Waals surface area (Å²) in [6, 6.07) is 16.7. The molecule has 4 rings (SSSR count). The van der Waals surface area contributed by atoms with Gasteiger partial charge in [0, 0.05) is 36.9 Å². The summed E-state index contributed by atoms with van der Waals surface area (Å²) < 4.78 is 4.17. The molecule has 0 spiro atoms. The number of thiazole rings is 1. The van der Waals surface area contributed by atoms with Crippen LogP contribution in [0.3, 0.4) is 0 Å². The van der Waals surface area contributed by atoms with Gasteiger partial charge >= 0.3 is 0 Å². The highest BCUT2D eigenvalue weighted by Gasteiger charge is 2.13. The first-order valence-corrected chi connectivity index (χ1v) is 10.1. The zero-order chi connectivity index (χ0) is 20.1. The maximum absolute atomic E-state index is 11.4. The second-order valence-electron chi connectivity index (χ2n) is 6.43. The van der Waals surface area contributed by atoms with Crippen molar-refractivity contribution in [3.8, 4) is 11.3 Å². The summed E-state index contributed by atoms with van der Waals surface area (Å²) in [6.45, 7) is 1.58. The topological polar surface area (TPSA) is 78.2 Å². The molecule has 0 aliphatic heterocycles. The normalized spacial score (nSPS) is 11.7. The quantitative estimate of drug-likeness (QED) is 0.332. The maximum Gasteiger partial charge on any atom is 0.294 e. The van der Waals surface area contributed by atoms with E-state index in [1.54, 1.807) is 30.7 Å². The van der Waals surface area contributed by atoms with Crippen molar-refractivity contribution in [3.05, 3.63) is 93.6 Å². The van der Waals surface area contributed by atoms with Crippen LogP contribution in [0.4, 0.5) is 11.4 Å². The van der Waals surface area contributed by atoms with Gasteiger partial charge in [0.1, 0.15) is 5.69 Å². The molecule has 2 aromatic heterocycles. The monoisotopic (exact) mass is 405 g/mol. The molecule has 29 heavy (non-hydrogen) atoms. The highest BCUT2D eigenvalue weighted by atomic mass is 32.1. The molecule has 0 saturated heterocycles. The summed E-state index contributed by atoms with van der Waals surface area (Å²) >= 11 is 1.49. The second kappa shape index (κ2) is 8.66. The summed E-state index contributed by atoms with van der Waals surface area (Å²) in [5.74, 6) is 0. The number of aromatic nitrogens is 3. The summed E-state index contributed by atoms with van der Waals surface area (Å²) in [6.07, 6.45) is 6.39. The molecular weight excluding hydrogens is 386 g/mol. The lowest BCUT2D eigenvalue weighted by Gasteiger charge is -2.10. The lowest BCUT2D eigenvalue weighted by Crippen LogP contribution is -2.17. The van der Waals surface area contributed by atoms with Gasteiger partial charge in [0.15, 0.2) is 4.80 Å². The van der Waals surface area contributed by atoms with Crippen molar-refractivity contribution >= 4 is 22.7 Å². The van der Waals surface area contributed by atoms with Gasteiger partial charge in [0.2, 0.25) is 0 Å². The van der Waals surface area contributed by atoms with Crippen LogP contribution in [-0.2, 0) is 13.1 Å². The SMILES string of the molecule is O=[N+]([O-])c1ccccc1N=c1scc(-c2ccccc2)n1CCCn1ccnc1. The highest BCUT2D eigenvalue weighted by Crippen LogP contribution is 2.27. The predicted molar refractivity (Wildman–Crippen MR) is 113 cm³/mol. The van der Waals surface area contributed by atoms with Crippen molar-refractivity contribution in [1.29, 1.82) is 0 Å². The van der Waals surface area contributed by atoms with Crippen LogP contribution >= 0.6 is 11.3 Å². The highest BCUT2D eigenvalue weighted by molar-refractivity contribution is 7.07. The Morgan fingerprint density at radius 3 is 2.62 bits per heavy atom. The number of nitrogens with zero attached hydrogens (tertiary/aromatic N) is 5. The number of benzene rings is 2. The van der Waals surface area contributed by atoms with Gasteiger partial charge in [0.05, 0.1) is 16.9 Å². The molecule has 2 aromatic carbocycles. The third-order valence-corrected chi connectivity index (χ3v) is 5.38. The second-order valence-corrected chi connectivity index (χ2v) is 7.27. The Morgan fingerprint density at radius 1 is 1.07 bits per heavy atom. The van der Waals surface area contributed by atoms with E-state index in [1.807, 2.05) is 29.0 Å². The third kappa shape index (κ3) is 4.33. The fourth-order valence-electron chi connectivity index (χ4n) is 3.12. The fourth-order valence-corrected chi connectivity index (χ4v) is 4.07. The van der Waals surface area contributed by atoms with Gasteiger partial charge in [-0.2, -0.15) is 0 Å². The average molecular weight is 405 g/mol. The minimum Gasteiger partial charge on any atom is -0.337 e. The predicted octanol–water partition coefficient (Wildman–Crippen LogP) is 4.64. The minimum atomic E-state index is -0.395. The molecule has 0 radical (unpaired) electrons. The van der Waals surface area contributed by atoms with E-state index in [0.717, 1.165) is 35.6 Å². The van der Waals surface area contributed by atoms with Crippen molar-refractivity contribution in [2.45, 2.75) is 19.5 Å². The van der Waals surface area contributed by atoms with Gasteiger partial charge in [0.25, 0.3) is 5.69 Å². The number of nitro groups is 1. The molecule has 7 nitrogen and oxygen atoms in total. The van der Waals surface area contributed by atoms with Gasteiger partial charge in [-0.05, 0) is 18.1 Å². The fraction of sp³-hybridized carbons (Fsp3) is 0.143. The summed E-state index contributed by atoms with van der Waals surface area (Å²) in [4.78, 5) is 20.4. The number of aryl methyl sites for hydroxylation is 1. The van der Waals surface area contributed by atoms with Crippen LogP contribution in [0.5, 0.6) is 0 Å². The van der Waals surface area contributed by atoms with Crippen molar-refractivity contribution in [2.24, 2.45) is 4.99 Å². The molecule has 0 aliphatic rings. The van der Waals surface area contributed by atoms with Gasteiger partial charge in [-0.15, -0.1) is 11.3 Å². The molecule has 0 atom stereocenters. The van der Waals surface area contributed by atoms with Crippen LogP contribution in [-0.4, -0.2) is 19.0 Å². The molecule has 4 aromatic rings. The molecule has 0 aliphatic carbocycles. The van der Waals surface area contributed by atoms with Crippen molar-refractivity contribution in [1.82, 2.24) is 14.1 Å². The lowest BCUT2D eigenvalue weighted by molar-refractivity contribution is -0.384. The van der Waals surface area contributed by atoms with Gasteiger partial charge < -0.3 is 9.13 Å². The van der Waals surface area contributed by atoms with Crippen molar-refractivity contribution < 1.29 is 4.92 Å². The Kier molecular flexibility index (Phi) is 5.62. The molecule has 0 unspecified atom stereocenters. The number of hydrogen-bond acceptors (Lipinski definition) is 5. The van der Waals surface area contributed by atoms with Crippen molar-refractivity contribution in [2.75, 3.05) is 0 Å². The number of rotatable bonds is 7. The molecule has 0 bridgehead atoms. The van der Waals surface area contributed by atoms with Crippen molar-refractivity contribution in [3.63, 3.8) is 0 Å². The van der Waals surface area contributed by atoms with Crippen LogP contribution in [0.2, 0.25) is 0 Å². The van der Waals surface area contributed by atoms with Crippen LogP contribution in [0.25, 0.3) is 11.3 Å². The van der Waals surface area contributed by atoms with Gasteiger partial charge in [-0.1, -0.05) is 42.5 Å². The summed E-state index contributed by atoms with van der Waals surface area (Å²) in [5.41, 5.74) is 2.52. The maximum atomic E-state index is 11.4. The summed E-state index contributed by atoms with van der Waals surface area (Å²) in [7, 11) is 0. The first-order valence-electron chi connectivity index (χ1n) is 9.20. The molecule has 146 valence electrons. The van der Waals surface area contributed by atoms with E-state index >= 15 is 0 Å². The lowest BCUT2D eigenvalue weighted by atomic mass is 10.2. The molecule has 8 heteroatoms. The van der Waals surface area contributed by atoms with Gasteiger partial charge in [-0.25, -0.2) is 9.98 Å². The first-order chi connectivity index (χ1) is 14.2. The molecule has 0 amide bonds. The van der Waals surface area contributed by atoms with E-state index in [0.29, 0.717) is 5.69 Å². The van der Waals surface area contributed by atoms with Crippen LogP contribution < -0.4 is 4.80 Å². The van der Waals surface area contributed by atoms with Crippen LogP contribution in [0.1, 0.15) is 6.42 Å². The van der Waals surface area contributed by atoms with E-state index in [9.17, 15) is 10.1 Å². The Bertz CT molecular complexity index is 1160. The zero-order valence-corrected chi connectivity index (χ0v) is 16.4. The van der Waals surface area contributed by atoms with E-state index in [4.69, 9.17) is 0 Å². The molecule has 0 N–H and O–H groups in total. The Labute approximate surface area is 171 Å². The Hall–Kier alpha value is -3.52. The minimum absolute atomic E-state index is 0.00660. The standard InChI is InChI=1S/C21H19N5O2S/c27-26(28)19-10-5-4-9-18(19)23-21-25(13-6-12-24-14-11-22-16-24)20(15-29-21)17-7-2-1-3-8-17/h1-5,7-11,14-16H,6,12-13H2. The number of nitro benzene ring substituents is 1. The first kappa shape index (κ1) is 18.8. The molecule has 0 fully saturated rings. The molecular formula is C21H19N5O2S. The largest absolute Gasteiger partial charge is 0.337 e. The Morgan fingerprint density at radius 2 is 1.86 bits per heavy atom. The molecule has 2 heterocycles. The number of para-hydroxylation sites is 2. The number of hydrogen-bond donors (Lipinski definition) is 0. The van der Waals surface area contributed by atoms with Crippen LogP contribution in [0, 0.1) is 10.1 Å². The smallest absolute Gasteiger partial charge is 0.294 e. The third-order valence-electron chi connectivity index (χ3n) is 4.52. The Balaban J connectivity index is 1.73. The number of imidazole rings is 1. The van der Waals surface area contributed by atoms with E-state index in [-0.39, 0.29) is 5.69 Å². The van der Waals surface area contributed by atoms with E-state index in [1.165, 1.54) is 17.4 Å². The molecule has 0 saturated carbocycles.